The molecule has 0 bridgehead atoms. The van der Waals surface area contributed by atoms with Gasteiger partial charge >= 0.3 is 5.97 Å². The first-order valence-electron chi connectivity index (χ1n) is 5.30. The molecular formula is C11H18N4O2. The van der Waals surface area contributed by atoms with Crippen LogP contribution in [0.15, 0.2) is 12.3 Å². The first-order valence-corrected chi connectivity index (χ1v) is 5.30. The van der Waals surface area contributed by atoms with Crippen molar-refractivity contribution < 1.29 is 9.90 Å². The number of carboxylic acids is 1. The molecule has 0 spiro atoms. The molecule has 0 fully saturated rings. The number of hydrogen-bond acceptors (Lipinski definition) is 5. The van der Waals surface area contributed by atoms with E-state index >= 15 is 0 Å². The molecule has 0 aliphatic heterocycles. The molecule has 0 radical (unpaired) electrons. The normalized spacial score (nSPS) is 11.1. The molecule has 1 aromatic heterocycles. The average molecular weight is 238 g/mol. The molecule has 94 valence electrons. The van der Waals surface area contributed by atoms with Gasteiger partial charge < -0.3 is 15.3 Å². The highest BCUT2D eigenvalue weighted by atomic mass is 16.4. The van der Waals surface area contributed by atoms with E-state index in [1.165, 1.54) is 0 Å². The highest BCUT2D eigenvalue weighted by molar-refractivity contribution is 5.69. The Morgan fingerprint density at radius 3 is 2.71 bits per heavy atom. The maximum absolute atomic E-state index is 10.7. The summed E-state index contributed by atoms with van der Waals surface area (Å²) in [6.07, 6.45) is 1.66. The van der Waals surface area contributed by atoms with Crippen LogP contribution in [0.4, 0.5) is 11.8 Å². The molecule has 0 saturated carbocycles. The van der Waals surface area contributed by atoms with Gasteiger partial charge in [0.05, 0.1) is 6.42 Å². The van der Waals surface area contributed by atoms with Crippen molar-refractivity contribution in [3.05, 3.63) is 12.3 Å². The van der Waals surface area contributed by atoms with Crippen molar-refractivity contribution in [3.8, 4) is 0 Å². The molecule has 0 aromatic carbocycles. The van der Waals surface area contributed by atoms with Crippen LogP contribution >= 0.6 is 0 Å². The van der Waals surface area contributed by atoms with E-state index in [-0.39, 0.29) is 6.42 Å². The molecule has 1 aromatic rings. The number of rotatable bonds is 5. The molecule has 0 amide bonds. The van der Waals surface area contributed by atoms with Gasteiger partial charge in [-0.1, -0.05) is 0 Å². The van der Waals surface area contributed by atoms with Crippen LogP contribution in [-0.2, 0) is 4.79 Å². The van der Waals surface area contributed by atoms with E-state index in [1.54, 1.807) is 17.2 Å². The largest absolute Gasteiger partial charge is 0.481 e. The fourth-order valence-corrected chi connectivity index (χ4v) is 1.40. The molecular weight excluding hydrogens is 220 g/mol. The van der Waals surface area contributed by atoms with E-state index in [1.807, 2.05) is 27.9 Å². The number of carboxylic acid groups (broad SMARTS) is 1. The first-order chi connectivity index (χ1) is 7.80. The molecule has 6 heteroatoms. The highest BCUT2D eigenvalue weighted by Gasteiger charge is 2.22. The standard InChI is InChI=1S/C11H18N4O2/c1-11(2,7-9(16)17)14-8-5-6-12-10(13-8)15(3)4/h5-6H,7H2,1-4H3,(H,16,17)(H,12,13,14). The maximum atomic E-state index is 10.7. The Labute approximate surface area is 101 Å². The Balaban J connectivity index is 2.80. The number of nitrogens with zero attached hydrogens (tertiary/aromatic N) is 3. The SMILES string of the molecule is CN(C)c1nccc(NC(C)(C)CC(=O)O)n1. The van der Waals surface area contributed by atoms with Gasteiger partial charge in [0, 0.05) is 25.8 Å². The van der Waals surface area contributed by atoms with Crippen LogP contribution < -0.4 is 10.2 Å². The van der Waals surface area contributed by atoms with E-state index in [4.69, 9.17) is 5.11 Å². The zero-order valence-corrected chi connectivity index (χ0v) is 10.6. The summed E-state index contributed by atoms with van der Waals surface area (Å²) < 4.78 is 0. The molecule has 2 N–H and O–H groups in total. The van der Waals surface area contributed by atoms with Crippen LogP contribution in [0.25, 0.3) is 0 Å². The number of hydrogen-bond donors (Lipinski definition) is 2. The van der Waals surface area contributed by atoms with Gasteiger partial charge in [-0.2, -0.15) is 4.98 Å². The molecule has 0 aliphatic rings. The van der Waals surface area contributed by atoms with Gasteiger partial charge in [-0.05, 0) is 19.9 Å². The van der Waals surface area contributed by atoms with E-state index in [2.05, 4.69) is 15.3 Å². The topological polar surface area (TPSA) is 78.4 Å². The fourth-order valence-electron chi connectivity index (χ4n) is 1.40. The second kappa shape index (κ2) is 4.99. The third kappa shape index (κ3) is 4.26. The van der Waals surface area contributed by atoms with Gasteiger partial charge in [0.15, 0.2) is 0 Å². The Morgan fingerprint density at radius 1 is 1.53 bits per heavy atom. The summed E-state index contributed by atoms with van der Waals surface area (Å²) in [5.74, 6) is 0.362. The smallest absolute Gasteiger partial charge is 0.305 e. The van der Waals surface area contributed by atoms with E-state index in [0.29, 0.717) is 11.8 Å². The molecule has 0 atom stereocenters. The Kier molecular flexibility index (Phi) is 3.88. The third-order valence-electron chi connectivity index (χ3n) is 2.10. The van der Waals surface area contributed by atoms with E-state index in [9.17, 15) is 4.79 Å². The average Bonchev–Trinajstić information content (AvgIpc) is 2.14. The van der Waals surface area contributed by atoms with Crippen molar-refractivity contribution in [2.75, 3.05) is 24.3 Å². The fraction of sp³-hybridized carbons (Fsp3) is 0.545. The van der Waals surface area contributed by atoms with Crippen LogP contribution in [0, 0.1) is 0 Å². The minimum Gasteiger partial charge on any atom is -0.481 e. The molecule has 0 aliphatic carbocycles. The minimum absolute atomic E-state index is 0.0221. The van der Waals surface area contributed by atoms with Crippen LogP contribution in [-0.4, -0.2) is 40.7 Å². The number of carbonyl (C=O) groups is 1. The summed E-state index contributed by atoms with van der Waals surface area (Å²) in [5.41, 5.74) is -0.552. The van der Waals surface area contributed by atoms with Gasteiger partial charge in [0.2, 0.25) is 5.95 Å². The molecule has 6 nitrogen and oxygen atoms in total. The number of aromatic nitrogens is 2. The summed E-state index contributed by atoms with van der Waals surface area (Å²) >= 11 is 0. The van der Waals surface area contributed by atoms with Crippen LogP contribution in [0.2, 0.25) is 0 Å². The van der Waals surface area contributed by atoms with Crippen molar-refractivity contribution in [3.63, 3.8) is 0 Å². The number of nitrogens with one attached hydrogen (secondary N) is 1. The van der Waals surface area contributed by atoms with Crippen LogP contribution in [0.5, 0.6) is 0 Å². The lowest BCUT2D eigenvalue weighted by molar-refractivity contribution is -0.137. The van der Waals surface area contributed by atoms with Crippen molar-refractivity contribution in [1.29, 1.82) is 0 Å². The lowest BCUT2D eigenvalue weighted by Gasteiger charge is -2.25. The lowest BCUT2D eigenvalue weighted by atomic mass is 10.0. The van der Waals surface area contributed by atoms with Crippen LogP contribution in [0.1, 0.15) is 20.3 Å². The van der Waals surface area contributed by atoms with E-state index in [0.717, 1.165) is 0 Å². The maximum Gasteiger partial charge on any atom is 0.305 e. The quantitative estimate of drug-likeness (QED) is 0.802. The summed E-state index contributed by atoms with van der Waals surface area (Å²) in [4.78, 5) is 20.9. The summed E-state index contributed by atoms with van der Waals surface area (Å²) in [5, 5.41) is 11.9. The summed E-state index contributed by atoms with van der Waals surface area (Å²) in [6.45, 7) is 3.64. The minimum atomic E-state index is -0.843. The van der Waals surface area contributed by atoms with E-state index < -0.39 is 11.5 Å². The lowest BCUT2D eigenvalue weighted by Crippen LogP contribution is -2.34. The van der Waals surface area contributed by atoms with Crippen molar-refractivity contribution in [2.24, 2.45) is 0 Å². The van der Waals surface area contributed by atoms with Gasteiger partial charge in [-0.15, -0.1) is 0 Å². The second-order valence-electron chi connectivity index (χ2n) is 4.72. The van der Waals surface area contributed by atoms with Gasteiger partial charge in [-0.3, -0.25) is 4.79 Å². The van der Waals surface area contributed by atoms with Gasteiger partial charge in [-0.25, -0.2) is 4.98 Å². The Hall–Kier alpha value is -1.85. The van der Waals surface area contributed by atoms with Crippen LogP contribution in [0.3, 0.4) is 0 Å². The highest BCUT2D eigenvalue weighted by Crippen LogP contribution is 2.17. The molecule has 1 heterocycles. The molecule has 1 rings (SSSR count). The van der Waals surface area contributed by atoms with Gasteiger partial charge in [0.1, 0.15) is 5.82 Å². The number of anilines is 2. The Bertz CT molecular complexity index is 404. The molecule has 0 saturated heterocycles. The number of aliphatic carboxylic acids is 1. The second-order valence-corrected chi connectivity index (χ2v) is 4.72. The molecule has 17 heavy (non-hydrogen) atoms. The first kappa shape index (κ1) is 13.2. The predicted molar refractivity (Wildman–Crippen MR) is 66.3 cm³/mol. The van der Waals surface area contributed by atoms with Crippen molar-refractivity contribution in [2.45, 2.75) is 25.8 Å². The zero-order valence-electron chi connectivity index (χ0n) is 10.6. The summed E-state index contributed by atoms with van der Waals surface area (Å²) in [7, 11) is 3.70. The van der Waals surface area contributed by atoms with Gasteiger partial charge in [0.25, 0.3) is 0 Å². The summed E-state index contributed by atoms with van der Waals surface area (Å²) in [6, 6.07) is 1.72. The molecule has 0 unspecified atom stereocenters. The monoisotopic (exact) mass is 238 g/mol. The predicted octanol–water partition coefficient (Wildman–Crippen LogP) is 1.21. The Morgan fingerprint density at radius 2 is 2.18 bits per heavy atom. The van der Waals surface area contributed by atoms with Crippen molar-refractivity contribution >= 4 is 17.7 Å². The van der Waals surface area contributed by atoms with Crippen molar-refractivity contribution in [1.82, 2.24) is 9.97 Å². The zero-order chi connectivity index (χ0) is 13.1. The third-order valence-corrected chi connectivity index (χ3v) is 2.10.